The molecule has 1 aliphatic heterocycles. The number of carbonyl (C=O) groups is 1. The molecule has 0 atom stereocenters. The second kappa shape index (κ2) is 7.85. The van der Waals surface area contributed by atoms with Gasteiger partial charge in [-0.1, -0.05) is 12.1 Å². The van der Waals surface area contributed by atoms with Gasteiger partial charge in [0.15, 0.2) is 0 Å². The van der Waals surface area contributed by atoms with E-state index in [-0.39, 0.29) is 5.91 Å². The van der Waals surface area contributed by atoms with E-state index >= 15 is 0 Å². The Morgan fingerprint density at radius 2 is 1.96 bits per heavy atom. The summed E-state index contributed by atoms with van der Waals surface area (Å²) in [5, 5.41) is 3.03. The zero-order valence-electron chi connectivity index (χ0n) is 13.4. The standard InChI is InChI=1S/C18H19IN2O3/c1-23-13-6-7-17(21-8-10-24-11-9-21)16(12-13)20-18(22)14-4-2-3-5-15(14)19/h2-7,12H,8-11H2,1H3,(H,20,22). The largest absolute Gasteiger partial charge is 0.497 e. The quantitative estimate of drug-likeness (QED) is 0.744. The molecule has 126 valence electrons. The van der Waals surface area contributed by atoms with Crippen LogP contribution in [0, 0.1) is 3.57 Å². The van der Waals surface area contributed by atoms with Crippen LogP contribution in [0.2, 0.25) is 0 Å². The van der Waals surface area contributed by atoms with Gasteiger partial charge >= 0.3 is 0 Å². The molecule has 2 aromatic rings. The lowest BCUT2D eigenvalue weighted by Gasteiger charge is -2.30. The fourth-order valence-corrected chi connectivity index (χ4v) is 3.29. The molecule has 1 amide bonds. The Kier molecular flexibility index (Phi) is 5.57. The summed E-state index contributed by atoms with van der Waals surface area (Å²) in [5.74, 6) is 0.591. The van der Waals surface area contributed by atoms with Crippen molar-refractivity contribution in [3.05, 3.63) is 51.6 Å². The molecule has 1 saturated heterocycles. The molecule has 0 saturated carbocycles. The van der Waals surface area contributed by atoms with Gasteiger partial charge in [-0.2, -0.15) is 0 Å². The first-order chi connectivity index (χ1) is 11.7. The normalized spacial score (nSPS) is 14.3. The SMILES string of the molecule is COc1ccc(N2CCOCC2)c(NC(=O)c2ccccc2I)c1. The van der Waals surface area contributed by atoms with Crippen molar-refractivity contribution in [3.8, 4) is 5.75 Å². The molecule has 2 aromatic carbocycles. The summed E-state index contributed by atoms with van der Waals surface area (Å²) < 4.78 is 11.6. The van der Waals surface area contributed by atoms with Crippen LogP contribution in [0.15, 0.2) is 42.5 Å². The number of hydrogen-bond acceptors (Lipinski definition) is 4. The Bertz CT molecular complexity index is 730. The van der Waals surface area contributed by atoms with Crippen molar-refractivity contribution in [1.82, 2.24) is 0 Å². The number of nitrogens with one attached hydrogen (secondary N) is 1. The lowest BCUT2D eigenvalue weighted by Crippen LogP contribution is -2.36. The van der Waals surface area contributed by atoms with Gasteiger partial charge < -0.3 is 19.7 Å². The van der Waals surface area contributed by atoms with Crippen molar-refractivity contribution >= 4 is 39.9 Å². The zero-order valence-corrected chi connectivity index (χ0v) is 15.6. The van der Waals surface area contributed by atoms with Gasteiger partial charge in [-0.15, -0.1) is 0 Å². The lowest BCUT2D eigenvalue weighted by atomic mass is 10.1. The molecule has 1 heterocycles. The third-order valence-electron chi connectivity index (χ3n) is 3.92. The number of rotatable bonds is 4. The van der Waals surface area contributed by atoms with Gasteiger partial charge in [0.25, 0.3) is 5.91 Å². The minimum atomic E-state index is -0.122. The van der Waals surface area contributed by atoms with Gasteiger partial charge in [0.2, 0.25) is 0 Å². The van der Waals surface area contributed by atoms with E-state index in [1.165, 1.54) is 0 Å². The molecule has 24 heavy (non-hydrogen) atoms. The van der Waals surface area contributed by atoms with Crippen LogP contribution in [0.4, 0.5) is 11.4 Å². The van der Waals surface area contributed by atoms with Crippen molar-refractivity contribution < 1.29 is 14.3 Å². The van der Waals surface area contributed by atoms with Crippen molar-refractivity contribution in [3.63, 3.8) is 0 Å². The summed E-state index contributed by atoms with van der Waals surface area (Å²) in [6.07, 6.45) is 0. The molecule has 0 bridgehead atoms. The monoisotopic (exact) mass is 438 g/mol. The molecule has 0 radical (unpaired) electrons. The summed E-state index contributed by atoms with van der Waals surface area (Å²) >= 11 is 2.17. The summed E-state index contributed by atoms with van der Waals surface area (Å²) in [6.45, 7) is 2.99. The van der Waals surface area contributed by atoms with Gasteiger partial charge in [0, 0.05) is 22.7 Å². The minimum absolute atomic E-state index is 0.122. The van der Waals surface area contributed by atoms with E-state index in [1.54, 1.807) is 7.11 Å². The molecular formula is C18H19IN2O3. The molecule has 3 rings (SSSR count). The second-order valence-electron chi connectivity index (χ2n) is 5.42. The van der Waals surface area contributed by atoms with E-state index in [0.717, 1.165) is 28.0 Å². The number of nitrogens with zero attached hydrogens (tertiary/aromatic N) is 1. The van der Waals surface area contributed by atoms with Crippen LogP contribution < -0.4 is 15.0 Å². The molecule has 5 nitrogen and oxygen atoms in total. The van der Waals surface area contributed by atoms with E-state index in [2.05, 4.69) is 32.8 Å². The van der Waals surface area contributed by atoms with Crippen LogP contribution in [0.3, 0.4) is 0 Å². The van der Waals surface area contributed by atoms with Crippen molar-refractivity contribution in [2.24, 2.45) is 0 Å². The number of methoxy groups -OCH3 is 1. The first-order valence-corrected chi connectivity index (χ1v) is 8.83. The maximum absolute atomic E-state index is 12.7. The van der Waals surface area contributed by atoms with Crippen LogP contribution >= 0.6 is 22.6 Å². The van der Waals surface area contributed by atoms with E-state index in [9.17, 15) is 4.79 Å². The number of amides is 1. The number of halogens is 1. The molecule has 1 aliphatic rings. The van der Waals surface area contributed by atoms with Crippen LogP contribution in [0.25, 0.3) is 0 Å². The third-order valence-corrected chi connectivity index (χ3v) is 4.86. The van der Waals surface area contributed by atoms with E-state index in [4.69, 9.17) is 9.47 Å². The van der Waals surface area contributed by atoms with Crippen molar-refractivity contribution in [1.29, 1.82) is 0 Å². The highest BCUT2D eigenvalue weighted by Gasteiger charge is 2.18. The average Bonchev–Trinajstić information content (AvgIpc) is 2.62. The molecular weight excluding hydrogens is 419 g/mol. The van der Waals surface area contributed by atoms with Gasteiger partial charge in [0.05, 0.1) is 37.3 Å². The fourth-order valence-electron chi connectivity index (χ4n) is 2.66. The Morgan fingerprint density at radius 1 is 1.21 bits per heavy atom. The van der Waals surface area contributed by atoms with Crippen LogP contribution in [-0.4, -0.2) is 39.3 Å². The summed E-state index contributed by atoms with van der Waals surface area (Å²) in [5.41, 5.74) is 2.40. The highest BCUT2D eigenvalue weighted by atomic mass is 127. The maximum atomic E-state index is 12.7. The molecule has 0 aromatic heterocycles. The highest BCUT2D eigenvalue weighted by Crippen LogP contribution is 2.31. The highest BCUT2D eigenvalue weighted by molar-refractivity contribution is 14.1. The zero-order chi connectivity index (χ0) is 16.9. The number of carbonyl (C=O) groups excluding carboxylic acids is 1. The Hall–Kier alpha value is -1.80. The maximum Gasteiger partial charge on any atom is 0.256 e. The van der Waals surface area contributed by atoms with Crippen molar-refractivity contribution in [2.45, 2.75) is 0 Å². The predicted molar refractivity (Wildman–Crippen MR) is 103 cm³/mol. The molecule has 1 fully saturated rings. The third kappa shape index (κ3) is 3.81. The Labute approximate surface area is 155 Å². The summed E-state index contributed by atoms with van der Waals surface area (Å²) in [7, 11) is 1.62. The molecule has 0 spiro atoms. The van der Waals surface area contributed by atoms with Gasteiger partial charge in [-0.05, 0) is 46.9 Å². The van der Waals surface area contributed by atoms with E-state index < -0.39 is 0 Å². The summed E-state index contributed by atoms with van der Waals surface area (Å²) in [4.78, 5) is 14.9. The van der Waals surface area contributed by atoms with Crippen LogP contribution in [0.1, 0.15) is 10.4 Å². The molecule has 0 unspecified atom stereocenters. The predicted octanol–water partition coefficient (Wildman–Crippen LogP) is 3.39. The van der Waals surface area contributed by atoms with Crippen molar-refractivity contribution in [2.75, 3.05) is 43.6 Å². The number of benzene rings is 2. The van der Waals surface area contributed by atoms with Crippen LogP contribution in [-0.2, 0) is 4.74 Å². The van der Waals surface area contributed by atoms with Crippen LogP contribution in [0.5, 0.6) is 5.75 Å². The number of morpholine rings is 1. The molecule has 1 N–H and O–H groups in total. The van der Waals surface area contributed by atoms with Gasteiger partial charge in [-0.25, -0.2) is 0 Å². The first kappa shape index (κ1) is 17.0. The fraction of sp³-hybridized carbons (Fsp3) is 0.278. The Balaban J connectivity index is 1.90. The number of hydrogen-bond donors (Lipinski definition) is 1. The summed E-state index contributed by atoms with van der Waals surface area (Å²) in [6, 6.07) is 13.3. The van der Waals surface area contributed by atoms with E-state index in [0.29, 0.717) is 24.5 Å². The van der Waals surface area contributed by atoms with Gasteiger partial charge in [-0.3, -0.25) is 4.79 Å². The molecule has 6 heteroatoms. The van der Waals surface area contributed by atoms with Gasteiger partial charge in [0.1, 0.15) is 5.75 Å². The van der Waals surface area contributed by atoms with E-state index in [1.807, 2.05) is 42.5 Å². The topological polar surface area (TPSA) is 50.8 Å². The average molecular weight is 438 g/mol. The smallest absolute Gasteiger partial charge is 0.256 e. The Morgan fingerprint density at radius 3 is 2.67 bits per heavy atom. The minimum Gasteiger partial charge on any atom is -0.497 e. The number of ether oxygens (including phenoxy) is 2. The number of anilines is 2. The lowest BCUT2D eigenvalue weighted by molar-refractivity contribution is 0.102. The second-order valence-corrected chi connectivity index (χ2v) is 6.58. The molecule has 0 aliphatic carbocycles. The first-order valence-electron chi connectivity index (χ1n) is 7.75.